The van der Waals surface area contributed by atoms with Gasteiger partial charge in [-0.2, -0.15) is 0 Å². The van der Waals surface area contributed by atoms with E-state index in [9.17, 15) is 18.0 Å². The van der Waals surface area contributed by atoms with Crippen LogP contribution in [-0.2, 0) is 9.84 Å². The molecule has 2 aromatic carbocycles. The zero-order valence-corrected chi connectivity index (χ0v) is 13.0. The van der Waals surface area contributed by atoms with Gasteiger partial charge in [-0.05, 0) is 24.3 Å². The van der Waals surface area contributed by atoms with Crippen LogP contribution in [0.2, 0.25) is 0 Å². The molecule has 0 aliphatic heterocycles. The predicted molar refractivity (Wildman–Crippen MR) is 85.1 cm³/mol. The third-order valence-corrected chi connectivity index (χ3v) is 5.13. The van der Waals surface area contributed by atoms with E-state index in [1.54, 1.807) is 0 Å². The molecule has 0 aromatic heterocycles. The first-order valence-corrected chi connectivity index (χ1v) is 8.30. The first-order chi connectivity index (χ1) is 10.9. The summed E-state index contributed by atoms with van der Waals surface area (Å²) in [4.78, 5) is 23.0. The van der Waals surface area contributed by atoms with Crippen molar-refractivity contribution in [2.45, 2.75) is 9.79 Å². The van der Waals surface area contributed by atoms with Gasteiger partial charge in [0.25, 0.3) is 0 Å². The van der Waals surface area contributed by atoms with E-state index in [4.69, 9.17) is 11.5 Å². The Bertz CT molecular complexity index is 760. The SMILES string of the molecule is NCC(=O)c1ccc(S(=O)(=O)c2ccc(C(=O)CN)cc2)cc1. The van der Waals surface area contributed by atoms with Gasteiger partial charge in [-0.3, -0.25) is 9.59 Å². The van der Waals surface area contributed by atoms with Gasteiger partial charge in [0.2, 0.25) is 9.84 Å². The fourth-order valence-corrected chi connectivity index (χ4v) is 3.27. The van der Waals surface area contributed by atoms with Gasteiger partial charge in [0, 0.05) is 11.1 Å². The van der Waals surface area contributed by atoms with Crippen molar-refractivity contribution in [3.05, 3.63) is 59.7 Å². The lowest BCUT2D eigenvalue weighted by molar-refractivity contribution is 0.0993. The molecule has 0 bridgehead atoms. The summed E-state index contributed by atoms with van der Waals surface area (Å²) in [5.41, 5.74) is 11.2. The molecule has 120 valence electrons. The molecule has 0 aliphatic carbocycles. The number of carbonyl (C=O) groups is 2. The van der Waals surface area contributed by atoms with Crippen LogP contribution in [-0.4, -0.2) is 33.1 Å². The normalized spacial score (nSPS) is 11.2. The van der Waals surface area contributed by atoms with Gasteiger partial charge in [-0.15, -0.1) is 0 Å². The minimum absolute atomic E-state index is 0.0592. The third kappa shape index (κ3) is 3.53. The minimum Gasteiger partial charge on any atom is -0.324 e. The maximum Gasteiger partial charge on any atom is 0.206 e. The van der Waals surface area contributed by atoms with E-state index < -0.39 is 9.84 Å². The van der Waals surface area contributed by atoms with Crippen LogP contribution in [0.25, 0.3) is 0 Å². The van der Waals surface area contributed by atoms with E-state index in [0.717, 1.165) is 0 Å². The van der Waals surface area contributed by atoms with Crippen molar-refractivity contribution in [1.82, 2.24) is 0 Å². The molecule has 0 saturated heterocycles. The standard InChI is InChI=1S/C16H16N2O4S/c17-9-15(19)11-1-5-13(6-2-11)23(21,22)14-7-3-12(4-8-14)16(20)10-18/h1-8H,9-10,17-18H2. The highest BCUT2D eigenvalue weighted by Gasteiger charge is 2.18. The van der Waals surface area contributed by atoms with Gasteiger partial charge in [0.15, 0.2) is 11.6 Å². The number of hydrogen-bond acceptors (Lipinski definition) is 6. The summed E-state index contributed by atoms with van der Waals surface area (Å²) in [5.74, 6) is -0.530. The maximum atomic E-state index is 12.5. The average molecular weight is 332 g/mol. The number of rotatable bonds is 6. The Kier molecular flexibility index (Phi) is 5.05. The average Bonchev–Trinajstić information content (AvgIpc) is 2.60. The first kappa shape index (κ1) is 17.0. The molecule has 6 nitrogen and oxygen atoms in total. The number of benzene rings is 2. The van der Waals surface area contributed by atoms with Crippen LogP contribution < -0.4 is 11.5 Å². The molecule has 0 aliphatic rings. The highest BCUT2D eigenvalue weighted by atomic mass is 32.2. The van der Waals surface area contributed by atoms with Crippen molar-refractivity contribution in [2.24, 2.45) is 11.5 Å². The number of carbonyl (C=O) groups excluding carboxylic acids is 2. The van der Waals surface area contributed by atoms with Crippen molar-refractivity contribution in [2.75, 3.05) is 13.1 Å². The molecule has 0 saturated carbocycles. The predicted octanol–water partition coefficient (Wildman–Crippen LogP) is 0.802. The van der Waals surface area contributed by atoms with Crippen molar-refractivity contribution >= 4 is 21.4 Å². The topological polar surface area (TPSA) is 120 Å². The monoisotopic (exact) mass is 332 g/mol. The first-order valence-electron chi connectivity index (χ1n) is 6.82. The summed E-state index contributed by atoms with van der Waals surface area (Å²) >= 11 is 0. The van der Waals surface area contributed by atoms with Crippen molar-refractivity contribution < 1.29 is 18.0 Å². The van der Waals surface area contributed by atoms with Gasteiger partial charge in [0.1, 0.15) is 0 Å². The molecule has 4 N–H and O–H groups in total. The van der Waals surface area contributed by atoms with Crippen LogP contribution in [0.3, 0.4) is 0 Å². The van der Waals surface area contributed by atoms with Crippen LogP contribution in [0.4, 0.5) is 0 Å². The van der Waals surface area contributed by atoms with Gasteiger partial charge in [-0.1, -0.05) is 24.3 Å². The molecule has 0 unspecified atom stereocenters. The number of sulfone groups is 1. The second-order valence-corrected chi connectivity index (χ2v) is 6.76. The molecule has 7 heteroatoms. The second-order valence-electron chi connectivity index (χ2n) is 4.81. The molecule has 23 heavy (non-hydrogen) atoms. The van der Waals surface area contributed by atoms with Gasteiger partial charge in [-0.25, -0.2) is 8.42 Å². The van der Waals surface area contributed by atoms with Crippen LogP contribution in [0.15, 0.2) is 58.3 Å². The van der Waals surface area contributed by atoms with Crippen molar-refractivity contribution in [1.29, 1.82) is 0 Å². The Hall–Kier alpha value is -2.35. The van der Waals surface area contributed by atoms with Gasteiger partial charge >= 0.3 is 0 Å². The van der Waals surface area contributed by atoms with Gasteiger partial charge in [0.05, 0.1) is 22.9 Å². The third-order valence-electron chi connectivity index (χ3n) is 3.34. The summed E-state index contributed by atoms with van der Waals surface area (Å²) in [6, 6.07) is 11.1. The Morgan fingerprint density at radius 2 is 1.00 bits per heavy atom. The summed E-state index contributed by atoms with van der Waals surface area (Å²) in [6.45, 7) is -0.272. The molecular weight excluding hydrogens is 316 g/mol. The maximum absolute atomic E-state index is 12.5. The van der Waals surface area contributed by atoms with Crippen LogP contribution in [0, 0.1) is 0 Å². The lowest BCUT2D eigenvalue weighted by atomic mass is 10.1. The summed E-state index contributed by atoms with van der Waals surface area (Å²) < 4.78 is 25.0. The van der Waals surface area contributed by atoms with E-state index in [2.05, 4.69) is 0 Å². The van der Waals surface area contributed by atoms with E-state index in [1.165, 1.54) is 48.5 Å². The number of ketones is 2. The largest absolute Gasteiger partial charge is 0.324 e. The Morgan fingerprint density at radius 1 is 0.696 bits per heavy atom. The molecule has 0 amide bonds. The molecule has 0 atom stereocenters. The van der Waals surface area contributed by atoms with E-state index in [-0.39, 0.29) is 34.4 Å². The summed E-state index contributed by atoms with van der Waals surface area (Å²) in [6.07, 6.45) is 0. The lowest BCUT2D eigenvalue weighted by Gasteiger charge is -2.06. The van der Waals surface area contributed by atoms with E-state index >= 15 is 0 Å². The van der Waals surface area contributed by atoms with Crippen molar-refractivity contribution in [3.63, 3.8) is 0 Å². The highest BCUT2D eigenvalue weighted by Crippen LogP contribution is 2.21. The molecule has 0 radical (unpaired) electrons. The van der Waals surface area contributed by atoms with Crippen LogP contribution in [0.5, 0.6) is 0 Å². The molecule has 0 heterocycles. The van der Waals surface area contributed by atoms with Crippen LogP contribution in [0.1, 0.15) is 20.7 Å². The Morgan fingerprint density at radius 3 is 1.26 bits per heavy atom. The smallest absolute Gasteiger partial charge is 0.206 e. The Labute approximate surface area is 134 Å². The lowest BCUT2D eigenvalue weighted by Crippen LogP contribution is -2.14. The van der Waals surface area contributed by atoms with Gasteiger partial charge < -0.3 is 11.5 Å². The minimum atomic E-state index is -3.72. The number of hydrogen-bond donors (Lipinski definition) is 2. The van der Waals surface area contributed by atoms with E-state index in [0.29, 0.717) is 11.1 Å². The van der Waals surface area contributed by atoms with E-state index in [1.807, 2.05) is 0 Å². The Balaban J connectivity index is 2.34. The molecule has 2 rings (SSSR count). The van der Waals surface area contributed by atoms with Crippen molar-refractivity contribution in [3.8, 4) is 0 Å². The summed E-state index contributed by atoms with van der Waals surface area (Å²) in [5, 5.41) is 0. The zero-order chi connectivity index (χ0) is 17.0. The number of nitrogens with two attached hydrogens (primary N) is 2. The fourth-order valence-electron chi connectivity index (χ4n) is 2.01. The molecular formula is C16H16N2O4S. The molecule has 0 fully saturated rings. The highest BCUT2D eigenvalue weighted by molar-refractivity contribution is 7.91. The molecule has 0 spiro atoms. The fraction of sp³-hybridized carbons (Fsp3) is 0.125. The summed E-state index contributed by atoms with van der Waals surface area (Å²) in [7, 11) is -3.72. The number of Topliss-reactive ketones (excluding diaryl/α,β-unsaturated/α-hetero) is 2. The molecule has 2 aromatic rings. The second kappa shape index (κ2) is 6.82. The quantitative estimate of drug-likeness (QED) is 0.755. The zero-order valence-electron chi connectivity index (χ0n) is 12.2. The van der Waals surface area contributed by atoms with Crippen LogP contribution >= 0.6 is 0 Å².